The van der Waals surface area contributed by atoms with Crippen LogP contribution in [0.25, 0.3) is 22.3 Å². The highest BCUT2D eigenvalue weighted by molar-refractivity contribution is 5.72. The van der Waals surface area contributed by atoms with Gasteiger partial charge in [0, 0.05) is 17.5 Å². The van der Waals surface area contributed by atoms with Crippen LogP contribution < -0.4 is 9.47 Å². The molecular weight excluding hydrogens is 649 g/mol. The van der Waals surface area contributed by atoms with Crippen LogP contribution in [-0.2, 0) is 0 Å². The Morgan fingerprint density at radius 3 is 1.60 bits per heavy atom. The van der Waals surface area contributed by atoms with Gasteiger partial charge in [-0.25, -0.2) is 8.78 Å². The number of rotatable bonds is 17. The van der Waals surface area contributed by atoms with Crippen molar-refractivity contribution in [3.8, 4) is 33.8 Å². The van der Waals surface area contributed by atoms with E-state index in [1.807, 2.05) is 6.92 Å². The van der Waals surface area contributed by atoms with Gasteiger partial charge >= 0.3 is 23.9 Å². The molecule has 0 heterocycles. The Hall–Kier alpha value is -3.51. The molecule has 2 nitrogen and oxygen atoms in total. The Bertz CT molecular complexity index is 1420. The van der Waals surface area contributed by atoms with Gasteiger partial charge in [0.2, 0.25) is 0 Å². The lowest BCUT2D eigenvalue weighted by molar-refractivity contribution is -0.396. The molecule has 1 atom stereocenters. The van der Waals surface area contributed by atoms with Crippen LogP contribution >= 0.6 is 0 Å². The number of benzene rings is 3. The molecule has 0 saturated carbocycles. The summed E-state index contributed by atoms with van der Waals surface area (Å²) in [5.41, 5.74) is 0.684. The lowest BCUT2D eigenvalue weighted by Gasteiger charge is -2.33. The van der Waals surface area contributed by atoms with E-state index in [2.05, 4.69) is 6.92 Å². The van der Waals surface area contributed by atoms with Gasteiger partial charge in [-0.2, -0.15) is 39.5 Å². The first kappa shape index (κ1) is 37.9. The Kier molecular flexibility index (Phi) is 12.6. The maximum Gasteiger partial charge on any atom is 0.460 e. The second-order valence-electron chi connectivity index (χ2n) is 11.3. The van der Waals surface area contributed by atoms with E-state index in [-0.39, 0.29) is 41.6 Å². The summed E-state index contributed by atoms with van der Waals surface area (Å²) in [7, 11) is 0. The molecule has 0 fully saturated rings. The Balaban J connectivity index is 1.55. The van der Waals surface area contributed by atoms with Crippen LogP contribution in [-0.4, -0.2) is 36.7 Å². The van der Waals surface area contributed by atoms with Crippen molar-refractivity contribution in [1.29, 1.82) is 0 Å². The lowest BCUT2D eigenvalue weighted by Crippen LogP contribution is -2.60. The van der Waals surface area contributed by atoms with Crippen LogP contribution in [0.2, 0.25) is 0 Å². The molecule has 0 aliphatic heterocycles. The molecule has 0 aromatic heterocycles. The highest BCUT2D eigenvalue weighted by atomic mass is 19.4. The minimum Gasteiger partial charge on any atom is -0.494 e. The highest BCUT2D eigenvalue weighted by Gasteiger charge is 2.81. The normalized spacial score (nSPS) is 13.5. The largest absolute Gasteiger partial charge is 0.494 e. The van der Waals surface area contributed by atoms with Gasteiger partial charge in [-0.05, 0) is 68.0 Å². The summed E-state index contributed by atoms with van der Waals surface area (Å²) in [6.07, 6.45) is -4.60. The van der Waals surface area contributed by atoms with E-state index in [4.69, 9.17) is 9.47 Å². The molecule has 3 rings (SSSR count). The van der Waals surface area contributed by atoms with Gasteiger partial charge in [-0.15, -0.1) is 0 Å². The van der Waals surface area contributed by atoms with Gasteiger partial charge in [0.05, 0.1) is 12.7 Å². The van der Waals surface area contributed by atoms with Crippen molar-refractivity contribution in [3.05, 3.63) is 72.3 Å². The molecule has 0 amide bonds. The third-order valence-corrected chi connectivity index (χ3v) is 7.58. The number of unbranched alkanes of at least 4 members (excludes halogenated alkanes) is 4. The number of hydrogen-bond acceptors (Lipinski definition) is 2. The molecule has 3 aromatic rings. The van der Waals surface area contributed by atoms with Gasteiger partial charge in [-0.3, -0.25) is 0 Å². The maximum atomic E-state index is 15.1. The van der Waals surface area contributed by atoms with Crippen LogP contribution in [0.3, 0.4) is 0 Å². The predicted octanol–water partition coefficient (Wildman–Crippen LogP) is 12.1. The van der Waals surface area contributed by atoms with E-state index < -0.39 is 48.4 Å². The van der Waals surface area contributed by atoms with E-state index in [9.17, 15) is 39.5 Å². The fourth-order valence-electron chi connectivity index (χ4n) is 4.79. The molecule has 0 N–H and O–H groups in total. The number of hydrogen-bond donors (Lipinski definition) is 0. The summed E-state index contributed by atoms with van der Waals surface area (Å²) in [4.78, 5) is 0. The van der Waals surface area contributed by atoms with Crippen molar-refractivity contribution in [3.63, 3.8) is 0 Å². The molecule has 0 aliphatic rings. The van der Waals surface area contributed by atoms with Crippen LogP contribution in [0.5, 0.6) is 11.5 Å². The summed E-state index contributed by atoms with van der Waals surface area (Å²) >= 11 is 0. The first-order valence-corrected chi connectivity index (χ1v) is 15.1. The highest BCUT2D eigenvalue weighted by Crippen LogP contribution is 2.54. The van der Waals surface area contributed by atoms with Crippen LogP contribution in [0, 0.1) is 11.6 Å². The molecule has 0 bridgehead atoms. The fourth-order valence-corrected chi connectivity index (χ4v) is 4.79. The molecule has 0 unspecified atom stereocenters. The van der Waals surface area contributed by atoms with Crippen LogP contribution in [0.1, 0.15) is 65.2 Å². The van der Waals surface area contributed by atoms with Gasteiger partial charge < -0.3 is 9.47 Å². The second-order valence-corrected chi connectivity index (χ2v) is 11.3. The van der Waals surface area contributed by atoms with Crippen molar-refractivity contribution in [2.45, 2.75) is 95.3 Å². The van der Waals surface area contributed by atoms with Crippen LogP contribution in [0.4, 0.5) is 48.3 Å². The van der Waals surface area contributed by atoms with Crippen molar-refractivity contribution in [2.24, 2.45) is 0 Å². The van der Waals surface area contributed by atoms with E-state index in [0.29, 0.717) is 11.3 Å². The third kappa shape index (κ3) is 9.10. The van der Waals surface area contributed by atoms with Crippen LogP contribution in [0.15, 0.2) is 60.7 Å². The predicted molar refractivity (Wildman–Crippen MR) is 156 cm³/mol. The summed E-state index contributed by atoms with van der Waals surface area (Å²) in [6, 6.07) is 14.9. The van der Waals surface area contributed by atoms with Crippen molar-refractivity contribution < 1.29 is 57.8 Å². The minimum absolute atomic E-state index is 0.00904. The van der Waals surface area contributed by atoms with Gasteiger partial charge in [0.1, 0.15) is 11.5 Å². The Morgan fingerprint density at radius 1 is 0.596 bits per heavy atom. The Morgan fingerprint density at radius 2 is 1.11 bits per heavy atom. The zero-order chi connectivity index (χ0) is 35.0. The zero-order valence-electron chi connectivity index (χ0n) is 25.7. The molecule has 3 aromatic carbocycles. The quantitative estimate of drug-likeness (QED) is 0.104. The molecule has 260 valence electrons. The van der Waals surface area contributed by atoms with Crippen molar-refractivity contribution in [2.75, 3.05) is 6.61 Å². The number of alkyl halides is 9. The average Bonchev–Trinajstić information content (AvgIpc) is 3.00. The standard InChI is InChI=1S/C34H35F11O2/c1-3-4-5-6-9-22(2)47-26-16-12-24(13-17-26)28-19-18-27(29(35)30(28)36)23-10-14-25(15-11-23)46-21-8-7-20-31(37,38)32(39,40)33(41,42)34(43,44)45/h10-19,22H,3-9,20-21H2,1-2H3/t22-/m0/s1. The van der Waals surface area contributed by atoms with Crippen molar-refractivity contribution >= 4 is 0 Å². The minimum atomic E-state index is -6.92. The second kappa shape index (κ2) is 15.6. The molecule has 47 heavy (non-hydrogen) atoms. The summed E-state index contributed by atoms with van der Waals surface area (Å²) in [5, 5.41) is 0. The topological polar surface area (TPSA) is 18.5 Å². The van der Waals surface area contributed by atoms with Gasteiger partial charge in [0.15, 0.2) is 11.6 Å². The smallest absolute Gasteiger partial charge is 0.460 e. The zero-order valence-corrected chi connectivity index (χ0v) is 25.7. The first-order valence-electron chi connectivity index (χ1n) is 15.1. The lowest BCUT2D eigenvalue weighted by atomic mass is 9.98. The monoisotopic (exact) mass is 684 g/mol. The Labute approximate surface area is 265 Å². The summed E-state index contributed by atoms with van der Waals surface area (Å²) < 4.78 is 158. The fraction of sp³-hybridized carbons (Fsp3) is 0.471. The van der Waals surface area contributed by atoms with Gasteiger partial charge in [0.25, 0.3) is 0 Å². The summed E-state index contributed by atoms with van der Waals surface area (Å²) in [5.74, 6) is -20.6. The van der Waals surface area contributed by atoms with E-state index in [0.717, 1.165) is 25.7 Å². The average molecular weight is 685 g/mol. The molecule has 13 heteroatoms. The third-order valence-electron chi connectivity index (χ3n) is 7.58. The number of halogens is 11. The molecular formula is C34H35F11O2. The number of ether oxygens (including phenoxy) is 2. The molecule has 0 aliphatic carbocycles. The summed E-state index contributed by atoms with van der Waals surface area (Å²) in [6.45, 7) is 3.75. The maximum absolute atomic E-state index is 15.1. The van der Waals surface area contributed by atoms with E-state index >= 15 is 8.78 Å². The van der Waals surface area contributed by atoms with Crippen molar-refractivity contribution in [1.82, 2.24) is 0 Å². The molecule has 0 spiro atoms. The van der Waals surface area contributed by atoms with E-state index in [1.54, 1.807) is 24.3 Å². The molecule has 0 radical (unpaired) electrons. The van der Waals surface area contributed by atoms with E-state index in [1.165, 1.54) is 42.8 Å². The first-order chi connectivity index (χ1) is 21.9. The molecule has 0 saturated heterocycles. The SMILES string of the molecule is CCCCCC[C@H](C)Oc1ccc(-c2ccc(-c3ccc(OCCCCC(F)(F)C(F)(F)C(F)(F)C(F)(F)F)cc3)c(F)c2F)cc1. The van der Waals surface area contributed by atoms with Gasteiger partial charge in [-0.1, -0.05) is 62.6 Å².